The molecule has 59 nitrogen and oxygen atoms in total. The maximum Gasteiger partial charge on any atom is 0.397 e. The molecule has 32 N–H and O–H groups in total. The Labute approximate surface area is 735 Å². The highest BCUT2D eigenvalue weighted by atomic mass is 32.3. The minimum Gasteiger partial charge on any atom is -0.394 e. The van der Waals surface area contributed by atoms with Crippen molar-refractivity contribution in [3.63, 3.8) is 0 Å². The van der Waals surface area contributed by atoms with Gasteiger partial charge < -0.3 is 249 Å². The van der Waals surface area contributed by atoms with Gasteiger partial charge in [0.05, 0.1) is 66.1 Å². The summed E-state index contributed by atoms with van der Waals surface area (Å²) in [6.45, 7) is -7.67. The van der Waals surface area contributed by atoms with Crippen molar-refractivity contribution in [2.75, 3.05) is 66.1 Å². The third-order valence-corrected chi connectivity index (χ3v) is 23.5. The van der Waals surface area contributed by atoms with Crippen LogP contribution in [0.4, 0.5) is 0 Å². The van der Waals surface area contributed by atoms with E-state index in [2.05, 4.69) is 30.8 Å². The van der Waals surface area contributed by atoms with Crippen LogP contribution in [0.15, 0.2) is 0 Å². The minimum atomic E-state index is -5.64. The van der Waals surface area contributed by atoms with E-state index in [4.69, 9.17) is 90.0 Å². The first kappa shape index (κ1) is 107. The van der Waals surface area contributed by atoms with E-state index < -0.39 is 413 Å². The molecule has 0 unspecified atom stereocenters. The fourth-order valence-electron chi connectivity index (χ4n) is 16.5. The van der Waals surface area contributed by atoms with Gasteiger partial charge >= 0.3 is 10.4 Å². The average Bonchev–Trinajstić information content (AvgIpc) is 0.739. The Balaban J connectivity index is 1.07. The number of amides is 5. The van der Waals surface area contributed by atoms with Gasteiger partial charge in [0.2, 0.25) is 29.5 Å². The molecular weight excluding hydrogens is 1810 g/mol. The van der Waals surface area contributed by atoms with Gasteiger partial charge in [0.15, 0.2) is 62.9 Å². The Morgan fingerprint density at radius 2 is 0.500 bits per heavy atom. The number of nitrogens with one attached hydrogen (secondary N) is 5. The van der Waals surface area contributed by atoms with Crippen LogP contribution in [0.1, 0.15) is 34.6 Å². The molecule has 10 heterocycles. The standard InChI is InChI=1S/C70H117N5O54S/c1-16(84)71-31-42(95)53(25(10-80)112-61(31)106)122-63-33(73-18(3)86)44(97)55(27(12-82)117-63)125-68-52(105)58(40(93)29(120-68)14-110-69-59(48(101)39(92)24(9-79)116-69)128-62-32(72-17(2)85)41(94)36(89)21(6-76)113-62)127-70-60(129-65-35(75-20(5)88)45(98)57(30(121-65)15-111-130(107,108)109)126-67-50(103)47(100)38(91)23(8-78)115-67)51(104)56(28(13-83)119-70)123-64-34(74-19(4)87)43(96)54(26(11-81)118-64)124-66-49(102)46(99)37(90)22(7-77)114-66/h21-70,76-83,89-106H,6-15H2,1-5H3,(H,71,84)(H,72,85)(H,73,86)(H,74,87)(H,75,88)(H,107,108,109)/t21-,22-,23-,24-,25-,26-,27-,28-,29-,30-,31-,32-,33-,34-,35-,36-,37+,38+,39-,40-,41-,42-,43-,44-,45-,46+,47+,48+,49-,50-,51+,52+,53-,54-,55-,56-,57-,58+,59+,60+,61-,62+,63+,64+,65+,66+,67+,68+,69+,70-/m1/s1. The maximum atomic E-state index is 13.4. The molecule has 0 radical (unpaired) electrons. The lowest BCUT2D eigenvalue weighted by Gasteiger charge is -2.52. The van der Waals surface area contributed by atoms with Crippen molar-refractivity contribution in [3.05, 3.63) is 0 Å². The molecule has 5 amide bonds. The minimum absolute atomic E-state index is 0.806. The van der Waals surface area contributed by atoms with E-state index in [0.29, 0.717) is 0 Å². The van der Waals surface area contributed by atoms with E-state index in [1.54, 1.807) is 0 Å². The third kappa shape index (κ3) is 24.6. The number of ether oxygens (including phenoxy) is 19. The molecule has 10 aliphatic heterocycles. The Morgan fingerprint density at radius 1 is 0.238 bits per heavy atom. The zero-order valence-electron chi connectivity index (χ0n) is 69.4. The van der Waals surface area contributed by atoms with E-state index in [0.717, 1.165) is 34.6 Å². The van der Waals surface area contributed by atoms with Crippen molar-refractivity contribution in [1.29, 1.82) is 0 Å². The summed E-state index contributed by atoms with van der Waals surface area (Å²) in [6, 6.07) is -9.92. The summed E-state index contributed by atoms with van der Waals surface area (Å²) < 4.78 is 153. The summed E-state index contributed by atoms with van der Waals surface area (Å²) in [4.78, 5) is 64.6. The number of hydrogen-bond acceptors (Lipinski definition) is 53. The molecule has 60 heteroatoms. The van der Waals surface area contributed by atoms with Crippen LogP contribution >= 0.6 is 0 Å². The van der Waals surface area contributed by atoms with E-state index in [1.807, 2.05) is 0 Å². The van der Waals surface area contributed by atoms with Gasteiger partial charge in [-0.05, 0) is 0 Å². The lowest BCUT2D eigenvalue weighted by atomic mass is 9.93. The van der Waals surface area contributed by atoms with Crippen LogP contribution in [-0.4, -0.2) is 548 Å². The molecule has 10 aliphatic rings. The lowest BCUT2D eigenvalue weighted by Crippen LogP contribution is -2.71. The number of carbonyl (C=O) groups is 5. The second kappa shape index (κ2) is 46.7. The molecule has 130 heavy (non-hydrogen) atoms. The molecule has 0 aromatic heterocycles. The summed E-state index contributed by atoms with van der Waals surface area (Å²) in [5.41, 5.74) is 0. The monoisotopic (exact) mass is 1920 g/mol. The van der Waals surface area contributed by atoms with Gasteiger partial charge in [0, 0.05) is 34.6 Å². The van der Waals surface area contributed by atoms with Crippen LogP contribution in [0.3, 0.4) is 0 Å². The summed E-state index contributed by atoms with van der Waals surface area (Å²) in [5.74, 6) is -4.93. The fraction of sp³-hybridized carbons (Fsp3) is 0.929. The van der Waals surface area contributed by atoms with Crippen LogP contribution in [0.25, 0.3) is 0 Å². The number of aliphatic hydroxyl groups is 26. The van der Waals surface area contributed by atoms with Crippen LogP contribution in [0, 0.1) is 0 Å². The van der Waals surface area contributed by atoms with Crippen LogP contribution in [-0.2, 0) is 129 Å². The number of aliphatic hydroxyl groups excluding tert-OH is 26. The van der Waals surface area contributed by atoms with Gasteiger partial charge in [0.1, 0.15) is 244 Å². The van der Waals surface area contributed by atoms with Crippen molar-refractivity contribution in [1.82, 2.24) is 26.6 Å². The molecule has 50 atom stereocenters. The van der Waals surface area contributed by atoms with E-state index in [9.17, 15) is 170 Å². The predicted molar refractivity (Wildman–Crippen MR) is 398 cm³/mol. The normalized spacial score (nSPS) is 47.4. The molecule has 0 bridgehead atoms. The second-order valence-corrected chi connectivity index (χ2v) is 33.3. The highest BCUT2D eigenvalue weighted by Crippen LogP contribution is 2.42. The Kier molecular flexibility index (Phi) is 38.6. The van der Waals surface area contributed by atoms with Crippen molar-refractivity contribution in [2.45, 2.75) is 341 Å². The first-order valence-electron chi connectivity index (χ1n) is 40.8. The molecule has 0 aromatic rings. The first-order valence-corrected chi connectivity index (χ1v) is 42.2. The second-order valence-electron chi connectivity index (χ2n) is 32.2. The molecule has 0 aromatic carbocycles. The summed E-state index contributed by atoms with van der Waals surface area (Å²) in [5, 5.41) is 305. The zero-order valence-corrected chi connectivity index (χ0v) is 70.3. The maximum absolute atomic E-state index is 13.4. The van der Waals surface area contributed by atoms with Gasteiger partial charge in [-0.15, -0.1) is 0 Å². The van der Waals surface area contributed by atoms with Gasteiger partial charge in [-0.25, -0.2) is 4.18 Å². The largest absolute Gasteiger partial charge is 0.397 e. The van der Waals surface area contributed by atoms with E-state index >= 15 is 0 Å². The van der Waals surface area contributed by atoms with Gasteiger partial charge in [-0.1, -0.05) is 0 Å². The zero-order chi connectivity index (χ0) is 96.0. The number of carbonyl (C=O) groups excluding carboxylic acids is 5. The topological polar surface area (TPSA) is 910 Å². The quantitative estimate of drug-likeness (QED) is 0.0262. The van der Waals surface area contributed by atoms with Crippen molar-refractivity contribution >= 4 is 39.9 Å². The highest BCUT2D eigenvalue weighted by Gasteiger charge is 2.63. The molecule has 0 spiro atoms. The Bertz CT molecular complexity index is 3720. The van der Waals surface area contributed by atoms with Crippen molar-refractivity contribution in [3.8, 4) is 0 Å². The van der Waals surface area contributed by atoms with Crippen LogP contribution in [0.5, 0.6) is 0 Å². The predicted octanol–water partition coefficient (Wildman–Crippen LogP) is -22.3. The summed E-state index contributed by atoms with van der Waals surface area (Å²) in [7, 11) is -5.64. The molecule has 752 valence electrons. The molecule has 0 aliphatic carbocycles. The lowest BCUT2D eigenvalue weighted by molar-refractivity contribution is -0.406. The average molecular weight is 1920 g/mol. The molecule has 0 saturated carbocycles. The molecule has 10 saturated heterocycles. The third-order valence-electron chi connectivity index (χ3n) is 23.1. The summed E-state index contributed by atoms with van der Waals surface area (Å²) in [6.07, 6.45) is -100. The van der Waals surface area contributed by atoms with Gasteiger partial charge in [-0.2, -0.15) is 8.42 Å². The van der Waals surface area contributed by atoms with Crippen molar-refractivity contribution in [2.24, 2.45) is 0 Å². The van der Waals surface area contributed by atoms with Crippen molar-refractivity contribution < 1.29 is 264 Å². The number of rotatable bonds is 35. The Hall–Kier alpha value is -4.58. The van der Waals surface area contributed by atoms with Gasteiger partial charge in [0.25, 0.3) is 0 Å². The smallest absolute Gasteiger partial charge is 0.394 e. The first-order chi connectivity index (χ1) is 61.3. The van der Waals surface area contributed by atoms with Gasteiger partial charge in [-0.3, -0.25) is 28.5 Å². The highest BCUT2D eigenvalue weighted by molar-refractivity contribution is 7.80. The molecular formula is C70H117N5O54S. The fourth-order valence-corrected chi connectivity index (χ4v) is 16.8. The van der Waals surface area contributed by atoms with Crippen LogP contribution in [0.2, 0.25) is 0 Å². The summed E-state index contributed by atoms with van der Waals surface area (Å²) >= 11 is 0. The number of hydrogen-bond donors (Lipinski definition) is 32. The van der Waals surface area contributed by atoms with E-state index in [1.165, 1.54) is 0 Å². The SMILES string of the molecule is CC(=O)N[C@@H]1[C@@H](O)[C@H](O[C@@H]2O[C@H](CO)[C@@H](O[C@@H]3O[C@H](CO[C@H]4O[C@H](CO)[C@@H](O)[C@H](O)[C@@H]4O[C@@H]4O[C@H](CO)[C@@H](O)[C@H](O)[C@H]4NC(C)=O)[C@@H](O)[C@H](O[C@H]4O[C@H](CO)[C@@H](O[C@@H]5O[C@H](CO)[C@@H](O[C@@H]6O[C@H](CO)[C@H](O)[C@H](O)[C@H]6O)[C@H](O)[C@H]5NC(C)=O)[C@H](O)[C@@H]4O[C@@H]4O[C@H](COS(=O)(=O)O)[C@@H](O[C@@H]5O[C@H](CO)[C@H](O)[C@H](O)[C@H]5O)[C@H](O)[C@H]4NC(C)=O)[C@@H]3O)[C@H](O)[C@H]2NC(C)=O)[C@@H](CO)O[C@H]1O. The van der Waals surface area contributed by atoms with Crippen LogP contribution < -0.4 is 26.6 Å². The molecule has 10 fully saturated rings. The Morgan fingerprint density at radius 3 is 0.885 bits per heavy atom. The van der Waals surface area contributed by atoms with E-state index in [-0.39, 0.29) is 0 Å². The molecule has 10 rings (SSSR count).